The Kier molecular flexibility index (Phi) is 3.95. The Labute approximate surface area is 160 Å². The number of nitrogens with one attached hydrogen (secondary N) is 1. The molecule has 0 saturated heterocycles. The quantitative estimate of drug-likeness (QED) is 0.688. The third-order valence-electron chi connectivity index (χ3n) is 5.48. The summed E-state index contributed by atoms with van der Waals surface area (Å²) in [5.74, 6) is 0.357. The van der Waals surface area contributed by atoms with Crippen LogP contribution in [0.15, 0.2) is 39.5 Å². The maximum atomic E-state index is 13.1. The molecule has 2 aromatic carbocycles. The fraction of sp³-hybridized carbons (Fsp3) is 0.286. The second-order valence-corrected chi connectivity index (χ2v) is 7.67. The van der Waals surface area contributed by atoms with Crippen molar-refractivity contribution in [3.8, 4) is 5.75 Å². The summed E-state index contributed by atoms with van der Waals surface area (Å²) in [7, 11) is 0. The van der Waals surface area contributed by atoms with Gasteiger partial charge in [0.15, 0.2) is 11.3 Å². The van der Waals surface area contributed by atoms with E-state index in [2.05, 4.69) is 0 Å². The summed E-state index contributed by atoms with van der Waals surface area (Å²) < 4.78 is 24.8. The van der Waals surface area contributed by atoms with Gasteiger partial charge in [0.1, 0.15) is 18.9 Å². The second kappa shape index (κ2) is 6.36. The first-order valence-corrected chi connectivity index (χ1v) is 9.48. The van der Waals surface area contributed by atoms with Crippen molar-refractivity contribution in [1.29, 1.82) is 0 Å². The molecule has 5 rings (SSSR count). The normalized spacial score (nSPS) is 18.2. The van der Waals surface area contributed by atoms with Crippen LogP contribution in [0.5, 0.6) is 5.75 Å². The minimum Gasteiger partial charge on any atom is -0.443 e. The summed E-state index contributed by atoms with van der Waals surface area (Å²) in [6.45, 7) is 1.76. The van der Waals surface area contributed by atoms with Gasteiger partial charge in [-0.25, -0.2) is 9.18 Å². The monoisotopic (exact) mass is 386 g/mol. The minimum absolute atomic E-state index is 0.245. The Bertz CT molecular complexity index is 1110. The van der Waals surface area contributed by atoms with Gasteiger partial charge < -0.3 is 9.15 Å². The van der Waals surface area contributed by atoms with Crippen LogP contribution in [0.3, 0.4) is 0 Å². The highest BCUT2D eigenvalue weighted by molar-refractivity contribution is 6.33. The number of ether oxygens (including phenoxy) is 1. The SMILES string of the molecule is O=c1oc2c3c(c(Cl)cc2c2c1CCC2)OC[NH+](Cc1ccc(F)cc1)C3. The van der Waals surface area contributed by atoms with Crippen LogP contribution in [0.1, 0.15) is 28.7 Å². The Balaban J connectivity index is 1.57. The van der Waals surface area contributed by atoms with Crippen LogP contribution in [0.4, 0.5) is 4.39 Å². The summed E-state index contributed by atoms with van der Waals surface area (Å²) in [6.07, 6.45) is 2.60. The molecule has 0 spiro atoms. The largest absolute Gasteiger partial charge is 0.443 e. The number of aryl methyl sites for hydroxylation is 1. The highest BCUT2D eigenvalue weighted by Crippen LogP contribution is 2.39. The van der Waals surface area contributed by atoms with E-state index in [4.69, 9.17) is 20.8 Å². The third kappa shape index (κ3) is 2.82. The van der Waals surface area contributed by atoms with Crippen molar-refractivity contribution in [3.05, 3.63) is 73.8 Å². The Morgan fingerprint density at radius 1 is 1.11 bits per heavy atom. The predicted octanol–water partition coefficient (Wildman–Crippen LogP) is 3.01. The molecule has 0 fully saturated rings. The highest BCUT2D eigenvalue weighted by atomic mass is 35.5. The van der Waals surface area contributed by atoms with E-state index in [1.165, 1.54) is 12.1 Å². The number of hydrogen-bond donors (Lipinski definition) is 1. The van der Waals surface area contributed by atoms with E-state index >= 15 is 0 Å². The molecule has 3 aromatic rings. The summed E-state index contributed by atoms with van der Waals surface area (Å²) in [6, 6.07) is 8.35. The lowest BCUT2D eigenvalue weighted by atomic mass is 10.0. The average Bonchev–Trinajstić information content (AvgIpc) is 3.16. The molecule has 0 saturated carbocycles. The molecular weight excluding hydrogens is 369 g/mol. The van der Waals surface area contributed by atoms with E-state index in [1.54, 1.807) is 12.1 Å². The van der Waals surface area contributed by atoms with Gasteiger partial charge in [0.2, 0.25) is 6.73 Å². The molecule has 6 heteroatoms. The van der Waals surface area contributed by atoms with Gasteiger partial charge in [0.25, 0.3) is 0 Å². The summed E-state index contributed by atoms with van der Waals surface area (Å²) in [5, 5.41) is 1.48. The first kappa shape index (κ1) is 16.8. The number of rotatable bonds is 2. The maximum absolute atomic E-state index is 13.1. The van der Waals surface area contributed by atoms with E-state index in [0.29, 0.717) is 36.2 Å². The molecule has 2 heterocycles. The van der Waals surface area contributed by atoms with Crippen molar-refractivity contribution in [2.75, 3.05) is 6.73 Å². The van der Waals surface area contributed by atoms with Crippen LogP contribution in [-0.2, 0) is 25.9 Å². The van der Waals surface area contributed by atoms with Gasteiger partial charge in [0, 0.05) is 16.5 Å². The van der Waals surface area contributed by atoms with E-state index < -0.39 is 0 Å². The smallest absolute Gasteiger partial charge is 0.339 e. The standard InChI is InChI=1S/C21H17ClFNO3/c22-18-8-16-14-2-1-3-15(14)21(25)27-19(16)17-10-24(11-26-20(17)18)9-12-4-6-13(23)7-5-12/h4-8H,1-3,9-11H2/p+1. The first-order chi connectivity index (χ1) is 13.1. The third-order valence-corrected chi connectivity index (χ3v) is 5.76. The van der Waals surface area contributed by atoms with Gasteiger partial charge in [-0.15, -0.1) is 0 Å². The van der Waals surface area contributed by atoms with E-state index in [1.807, 2.05) is 6.07 Å². The van der Waals surface area contributed by atoms with E-state index in [0.717, 1.165) is 51.8 Å². The predicted molar refractivity (Wildman–Crippen MR) is 99.8 cm³/mol. The van der Waals surface area contributed by atoms with Crippen molar-refractivity contribution in [1.82, 2.24) is 0 Å². The van der Waals surface area contributed by atoms with Crippen molar-refractivity contribution in [2.24, 2.45) is 0 Å². The van der Waals surface area contributed by atoms with E-state index in [-0.39, 0.29) is 11.4 Å². The molecule has 1 atom stereocenters. The number of hydrogen-bond acceptors (Lipinski definition) is 3. The summed E-state index contributed by atoms with van der Waals surface area (Å²) >= 11 is 6.49. The molecule has 27 heavy (non-hydrogen) atoms. The van der Waals surface area contributed by atoms with Gasteiger partial charge in [0.05, 0.1) is 10.6 Å². The summed E-state index contributed by atoms with van der Waals surface area (Å²) in [5.41, 5.74) is 4.06. The fourth-order valence-corrected chi connectivity index (χ4v) is 4.50. The van der Waals surface area contributed by atoms with Crippen molar-refractivity contribution >= 4 is 22.6 Å². The van der Waals surface area contributed by atoms with E-state index in [9.17, 15) is 9.18 Å². The Morgan fingerprint density at radius 3 is 2.70 bits per heavy atom. The molecule has 1 aromatic heterocycles. The molecule has 4 nitrogen and oxygen atoms in total. The highest BCUT2D eigenvalue weighted by Gasteiger charge is 2.29. The zero-order valence-electron chi connectivity index (χ0n) is 14.6. The van der Waals surface area contributed by atoms with Gasteiger partial charge in [-0.05, 0) is 43.0 Å². The zero-order valence-corrected chi connectivity index (χ0v) is 15.4. The van der Waals surface area contributed by atoms with Gasteiger partial charge in [-0.2, -0.15) is 0 Å². The van der Waals surface area contributed by atoms with Crippen molar-refractivity contribution < 1.29 is 18.4 Å². The molecule has 2 aliphatic rings. The Hall–Kier alpha value is -2.37. The number of quaternary nitrogens is 1. The van der Waals surface area contributed by atoms with Crippen LogP contribution in [0, 0.1) is 5.82 Å². The number of benzene rings is 2. The zero-order chi connectivity index (χ0) is 18.5. The van der Waals surface area contributed by atoms with Gasteiger partial charge >= 0.3 is 5.63 Å². The Morgan fingerprint density at radius 2 is 1.89 bits per heavy atom. The molecule has 1 aliphatic carbocycles. The molecular formula is C21H18ClFNO3+. The van der Waals surface area contributed by atoms with Crippen molar-refractivity contribution in [3.63, 3.8) is 0 Å². The lowest BCUT2D eigenvalue weighted by molar-refractivity contribution is -0.945. The molecule has 0 bridgehead atoms. The molecule has 1 N–H and O–H groups in total. The van der Waals surface area contributed by atoms with Crippen LogP contribution in [0.2, 0.25) is 5.02 Å². The van der Waals surface area contributed by atoms with Crippen LogP contribution in [-0.4, -0.2) is 6.73 Å². The fourth-order valence-electron chi connectivity index (χ4n) is 4.23. The molecule has 138 valence electrons. The van der Waals surface area contributed by atoms with Crippen LogP contribution >= 0.6 is 11.6 Å². The second-order valence-electron chi connectivity index (χ2n) is 7.26. The first-order valence-electron chi connectivity index (χ1n) is 9.11. The molecule has 1 unspecified atom stereocenters. The van der Waals surface area contributed by atoms with Gasteiger partial charge in [-0.3, -0.25) is 4.90 Å². The molecule has 0 amide bonds. The average molecular weight is 387 g/mol. The lowest BCUT2D eigenvalue weighted by Crippen LogP contribution is -3.10. The molecule has 1 aliphatic heterocycles. The topological polar surface area (TPSA) is 43.9 Å². The lowest BCUT2D eigenvalue weighted by Gasteiger charge is -2.27. The van der Waals surface area contributed by atoms with Crippen LogP contribution < -0.4 is 15.3 Å². The summed E-state index contributed by atoms with van der Waals surface area (Å²) in [4.78, 5) is 13.6. The minimum atomic E-state index is -0.248. The maximum Gasteiger partial charge on any atom is 0.339 e. The van der Waals surface area contributed by atoms with Crippen LogP contribution in [0.25, 0.3) is 11.0 Å². The number of halogens is 2. The van der Waals surface area contributed by atoms with Gasteiger partial charge in [-0.1, -0.05) is 23.7 Å². The van der Waals surface area contributed by atoms with Crippen molar-refractivity contribution in [2.45, 2.75) is 32.4 Å². The number of fused-ring (bicyclic) bond motifs is 5. The molecule has 0 radical (unpaired) electrons.